The number of rotatable bonds is 7. The number of nitrogens with one attached hydrogen (secondary N) is 1. The molecule has 0 fully saturated rings. The molecule has 2 aromatic heterocycles. The highest BCUT2D eigenvalue weighted by Gasteiger charge is 2.19. The van der Waals surface area contributed by atoms with E-state index in [4.69, 9.17) is 4.98 Å². The monoisotopic (exact) mass is 280 g/mol. The lowest BCUT2D eigenvalue weighted by Gasteiger charge is -2.26. The van der Waals surface area contributed by atoms with E-state index in [0.29, 0.717) is 6.04 Å². The maximum atomic E-state index is 4.81. The summed E-state index contributed by atoms with van der Waals surface area (Å²) in [6.07, 6.45) is 3.27. The van der Waals surface area contributed by atoms with Gasteiger partial charge in [-0.2, -0.15) is 0 Å². The SMILES string of the molecule is CCCNCc1c(N(CC)C(C)C)nc2sccn12. The van der Waals surface area contributed by atoms with E-state index in [1.54, 1.807) is 11.3 Å². The molecule has 0 saturated carbocycles. The van der Waals surface area contributed by atoms with Gasteiger partial charge in [-0.25, -0.2) is 4.98 Å². The van der Waals surface area contributed by atoms with Crippen molar-refractivity contribution in [3.63, 3.8) is 0 Å². The third kappa shape index (κ3) is 2.92. The van der Waals surface area contributed by atoms with Crippen molar-refractivity contribution in [2.45, 2.75) is 46.7 Å². The van der Waals surface area contributed by atoms with Crippen LogP contribution in [0.5, 0.6) is 0 Å². The van der Waals surface area contributed by atoms with Gasteiger partial charge in [0.05, 0.1) is 5.69 Å². The third-order valence-electron chi connectivity index (χ3n) is 3.30. The van der Waals surface area contributed by atoms with E-state index >= 15 is 0 Å². The topological polar surface area (TPSA) is 32.6 Å². The molecule has 0 bridgehead atoms. The predicted molar refractivity (Wildman–Crippen MR) is 83.2 cm³/mol. The normalized spacial score (nSPS) is 11.6. The van der Waals surface area contributed by atoms with E-state index in [2.05, 4.69) is 53.9 Å². The molecule has 0 atom stereocenters. The largest absolute Gasteiger partial charge is 0.353 e. The van der Waals surface area contributed by atoms with Crippen molar-refractivity contribution in [2.24, 2.45) is 0 Å². The summed E-state index contributed by atoms with van der Waals surface area (Å²) in [5.41, 5.74) is 1.28. The summed E-state index contributed by atoms with van der Waals surface area (Å²) in [4.78, 5) is 8.26. The Morgan fingerprint density at radius 2 is 2.21 bits per heavy atom. The molecule has 0 aliphatic heterocycles. The zero-order valence-electron chi connectivity index (χ0n) is 12.3. The molecule has 0 aliphatic rings. The molecule has 2 heterocycles. The number of anilines is 1. The minimum Gasteiger partial charge on any atom is -0.353 e. The maximum absolute atomic E-state index is 4.81. The van der Waals surface area contributed by atoms with Crippen LogP contribution in [0.4, 0.5) is 5.82 Å². The first kappa shape index (κ1) is 14.3. The van der Waals surface area contributed by atoms with Crippen LogP contribution in [0.3, 0.4) is 0 Å². The van der Waals surface area contributed by atoms with Gasteiger partial charge in [-0.3, -0.25) is 4.40 Å². The van der Waals surface area contributed by atoms with E-state index in [1.165, 1.54) is 5.69 Å². The van der Waals surface area contributed by atoms with Crippen LogP contribution in [0, 0.1) is 0 Å². The van der Waals surface area contributed by atoms with Crippen molar-refractivity contribution in [3.8, 4) is 0 Å². The van der Waals surface area contributed by atoms with E-state index in [0.717, 1.165) is 36.8 Å². The molecular weight excluding hydrogens is 256 g/mol. The van der Waals surface area contributed by atoms with Crippen molar-refractivity contribution >= 4 is 22.1 Å². The molecule has 19 heavy (non-hydrogen) atoms. The molecule has 106 valence electrons. The minimum absolute atomic E-state index is 0.472. The highest BCUT2D eigenvalue weighted by molar-refractivity contribution is 7.15. The molecule has 0 aromatic carbocycles. The molecule has 0 saturated heterocycles. The molecule has 0 unspecified atom stereocenters. The van der Waals surface area contributed by atoms with Crippen LogP contribution in [-0.4, -0.2) is 28.5 Å². The number of imidazole rings is 1. The van der Waals surface area contributed by atoms with Crippen LogP contribution >= 0.6 is 11.3 Å². The van der Waals surface area contributed by atoms with E-state index in [1.807, 2.05) is 0 Å². The molecule has 2 rings (SSSR count). The number of aromatic nitrogens is 2. The molecule has 5 heteroatoms. The van der Waals surface area contributed by atoms with Crippen LogP contribution in [0.1, 0.15) is 39.8 Å². The quantitative estimate of drug-likeness (QED) is 0.791. The standard InChI is InChI=1S/C14H24N4S/c1-5-7-15-10-12-13(17(6-2)11(3)4)16-14-18(12)8-9-19-14/h8-9,11,15H,5-7,10H2,1-4H3. The average Bonchev–Trinajstić information content (AvgIpc) is 2.93. The van der Waals surface area contributed by atoms with Crippen molar-refractivity contribution in [3.05, 3.63) is 17.3 Å². The Kier molecular flexibility index (Phi) is 4.82. The summed E-state index contributed by atoms with van der Waals surface area (Å²) in [7, 11) is 0. The lowest BCUT2D eigenvalue weighted by molar-refractivity contribution is 0.646. The van der Waals surface area contributed by atoms with Crippen molar-refractivity contribution in [1.82, 2.24) is 14.7 Å². The smallest absolute Gasteiger partial charge is 0.195 e. The number of hydrogen-bond acceptors (Lipinski definition) is 4. The molecule has 0 aliphatic carbocycles. The van der Waals surface area contributed by atoms with Crippen LogP contribution in [0.2, 0.25) is 0 Å². The highest BCUT2D eigenvalue weighted by atomic mass is 32.1. The highest BCUT2D eigenvalue weighted by Crippen LogP contribution is 2.26. The fourth-order valence-corrected chi connectivity index (χ4v) is 3.09. The zero-order chi connectivity index (χ0) is 13.8. The Balaban J connectivity index is 2.35. The minimum atomic E-state index is 0.472. The summed E-state index contributed by atoms with van der Waals surface area (Å²) in [6.45, 7) is 11.7. The molecule has 1 N–H and O–H groups in total. The van der Waals surface area contributed by atoms with Gasteiger partial charge in [0, 0.05) is 30.7 Å². The number of fused-ring (bicyclic) bond motifs is 1. The summed E-state index contributed by atoms with van der Waals surface area (Å²) < 4.78 is 2.22. The van der Waals surface area contributed by atoms with Crippen LogP contribution in [0.25, 0.3) is 4.96 Å². The first-order valence-corrected chi connectivity index (χ1v) is 7.98. The lowest BCUT2D eigenvalue weighted by atomic mass is 10.3. The summed E-state index contributed by atoms with van der Waals surface area (Å²) in [5, 5.41) is 5.59. The molecule has 0 spiro atoms. The zero-order valence-corrected chi connectivity index (χ0v) is 13.1. The van der Waals surface area contributed by atoms with Gasteiger partial charge in [-0.1, -0.05) is 6.92 Å². The molecule has 2 aromatic rings. The van der Waals surface area contributed by atoms with E-state index < -0.39 is 0 Å². The van der Waals surface area contributed by atoms with Gasteiger partial charge in [0.1, 0.15) is 0 Å². The van der Waals surface area contributed by atoms with Gasteiger partial charge in [0.25, 0.3) is 0 Å². The average molecular weight is 280 g/mol. The Hall–Kier alpha value is -1.07. The summed E-state index contributed by atoms with van der Waals surface area (Å²) >= 11 is 1.70. The van der Waals surface area contributed by atoms with Crippen molar-refractivity contribution in [1.29, 1.82) is 0 Å². The van der Waals surface area contributed by atoms with Crippen molar-refractivity contribution in [2.75, 3.05) is 18.0 Å². The number of thiazole rings is 1. The second-order valence-electron chi connectivity index (χ2n) is 4.99. The Labute approximate surface area is 119 Å². The Morgan fingerprint density at radius 1 is 1.42 bits per heavy atom. The van der Waals surface area contributed by atoms with Gasteiger partial charge in [-0.15, -0.1) is 11.3 Å². The number of hydrogen-bond donors (Lipinski definition) is 1. The molecular formula is C14H24N4S. The predicted octanol–water partition coefficient (Wildman–Crippen LogP) is 3.13. The van der Waals surface area contributed by atoms with Crippen LogP contribution in [-0.2, 0) is 6.54 Å². The van der Waals surface area contributed by atoms with Gasteiger partial charge >= 0.3 is 0 Å². The first-order chi connectivity index (χ1) is 9.19. The van der Waals surface area contributed by atoms with Gasteiger partial charge in [0.2, 0.25) is 0 Å². The fourth-order valence-electron chi connectivity index (χ4n) is 2.36. The lowest BCUT2D eigenvalue weighted by Crippen LogP contribution is -2.32. The summed E-state index contributed by atoms with van der Waals surface area (Å²) in [6, 6.07) is 0.472. The van der Waals surface area contributed by atoms with Gasteiger partial charge in [-0.05, 0) is 33.7 Å². The molecule has 0 radical (unpaired) electrons. The first-order valence-electron chi connectivity index (χ1n) is 7.10. The second kappa shape index (κ2) is 6.39. The molecule has 0 amide bonds. The van der Waals surface area contributed by atoms with Crippen LogP contribution in [0.15, 0.2) is 11.6 Å². The molecule has 4 nitrogen and oxygen atoms in total. The summed E-state index contributed by atoms with van der Waals surface area (Å²) in [5.74, 6) is 1.13. The van der Waals surface area contributed by atoms with Gasteiger partial charge < -0.3 is 10.2 Å². The Morgan fingerprint density at radius 3 is 2.84 bits per heavy atom. The number of nitrogens with zero attached hydrogens (tertiary/aromatic N) is 3. The van der Waals surface area contributed by atoms with Crippen LogP contribution < -0.4 is 10.2 Å². The fraction of sp³-hybridized carbons (Fsp3) is 0.643. The van der Waals surface area contributed by atoms with E-state index in [9.17, 15) is 0 Å². The third-order valence-corrected chi connectivity index (χ3v) is 4.05. The second-order valence-corrected chi connectivity index (χ2v) is 5.87. The van der Waals surface area contributed by atoms with Gasteiger partial charge in [0.15, 0.2) is 10.8 Å². The maximum Gasteiger partial charge on any atom is 0.195 e. The van der Waals surface area contributed by atoms with E-state index in [-0.39, 0.29) is 0 Å². The Bertz CT molecular complexity index is 514. The van der Waals surface area contributed by atoms with Crippen molar-refractivity contribution < 1.29 is 0 Å².